The normalized spacial score (nSPS) is 17.0. The van der Waals surface area contributed by atoms with Crippen LogP contribution in [0.5, 0.6) is 0 Å². The molecule has 0 bridgehead atoms. The maximum atomic E-state index is 13.1. The maximum absolute atomic E-state index is 13.1. The van der Waals surface area contributed by atoms with Gasteiger partial charge in [0.25, 0.3) is 0 Å². The van der Waals surface area contributed by atoms with Crippen LogP contribution < -0.4 is 5.32 Å². The second-order valence-corrected chi connectivity index (χ2v) is 6.09. The summed E-state index contributed by atoms with van der Waals surface area (Å²) >= 11 is 1.61. The van der Waals surface area contributed by atoms with Gasteiger partial charge in [-0.3, -0.25) is 0 Å². The fourth-order valence-electron chi connectivity index (χ4n) is 2.22. The summed E-state index contributed by atoms with van der Waals surface area (Å²) in [4.78, 5) is 4.46. The molecule has 1 aromatic carbocycles. The summed E-state index contributed by atoms with van der Waals surface area (Å²) in [7, 11) is 0. The van der Waals surface area contributed by atoms with Crippen LogP contribution in [0.2, 0.25) is 0 Å². The number of nitrogens with one attached hydrogen (secondary N) is 1. The molecule has 0 amide bonds. The van der Waals surface area contributed by atoms with E-state index < -0.39 is 0 Å². The van der Waals surface area contributed by atoms with Crippen molar-refractivity contribution in [1.29, 1.82) is 0 Å². The molecule has 1 heterocycles. The summed E-state index contributed by atoms with van der Waals surface area (Å²) in [6.45, 7) is 2.20. The Morgan fingerprint density at radius 2 is 2.33 bits per heavy atom. The molecule has 1 aliphatic carbocycles. The first-order valence-corrected chi connectivity index (χ1v) is 7.39. The minimum atomic E-state index is -0.218. The molecule has 1 aliphatic rings. The van der Waals surface area contributed by atoms with Gasteiger partial charge in [0.2, 0.25) is 0 Å². The third kappa shape index (κ3) is 2.64. The Bertz CT molecular complexity index is 548. The van der Waals surface area contributed by atoms with E-state index >= 15 is 0 Å². The van der Waals surface area contributed by atoms with Gasteiger partial charge in [-0.25, -0.2) is 9.37 Å². The van der Waals surface area contributed by atoms with Crippen LogP contribution in [0.15, 0.2) is 18.2 Å². The second kappa shape index (κ2) is 4.84. The third-order valence-corrected chi connectivity index (χ3v) is 4.45. The SMILES string of the molecule is CCC(CC1CC1)Nc1nc2cc(F)ccc2s1. The second-order valence-electron chi connectivity index (χ2n) is 5.06. The average molecular weight is 264 g/mol. The van der Waals surface area contributed by atoms with Crippen molar-refractivity contribution in [3.05, 3.63) is 24.0 Å². The molecule has 1 saturated carbocycles. The number of nitrogens with zero attached hydrogens (tertiary/aromatic N) is 1. The molecule has 1 N–H and O–H groups in total. The highest BCUT2D eigenvalue weighted by Crippen LogP contribution is 2.35. The smallest absolute Gasteiger partial charge is 0.184 e. The predicted molar refractivity (Wildman–Crippen MR) is 74.6 cm³/mol. The lowest BCUT2D eigenvalue weighted by molar-refractivity contribution is 0.587. The Hall–Kier alpha value is -1.16. The molecule has 2 aromatic rings. The number of hydrogen-bond donors (Lipinski definition) is 1. The first-order valence-electron chi connectivity index (χ1n) is 6.57. The monoisotopic (exact) mass is 264 g/mol. The summed E-state index contributed by atoms with van der Waals surface area (Å²) in [5, 5.41) is 4.41. The minimum absolute atomic E-state index is 0.218. The molecule has 0 saturated heterocycles. The van der Waals surface area contributed by atoms with Gasteiger partial charge in [0.1, 0.15) is 5.82 Å². The zero-order chi connectivity index (χ0) is 12.5. The maximum Gasteiger partial charge on any atom is 0.184 e. The van der Waals surface area contributed by atoms with Crippen molar-refractivity contribution in [3.63, 3.8) is 0 Å². The molecule has 1 unspecified atom stereocenters. The van der Waals surface area contributed by atoms with Crippen LogP contribution in [0.1, 0.15) is 32.6 Å². The van der Waals surface area contributed by atoms with Crippen molar-refractivity contribution in [1.82, 2.24) is 4.98 Å². The molecule has 2 nitrogen and oxygen atoms in total. The lowest BCUT2D eigenvalue weighted by Gasteiger charge is -2.15. The fraction of sp³-hybridized carbons (Fsp3) is 0.500. The minimum Gasteiger partial charge on any atom is -0.359 e. The molecule has 0 spiro atoms. The van der Waals surface area contributed by atoms with Gasteiger partial charge in [0.05, 0.1) is 10.2 Å². The predicted octanol–water partition coefficient (Wildman–Crippen LogP) is 4.43. The molecule has 96 valence electrons. The third-order valence-electron chi connectivity index (χ3n) is 3.48. The summed E-state index contributed by atoms with van der Waals surface area (Å²) < 4.78 is 14.1. The largest absolute Gasteiger partial charge is 0.359 e. The highest BCUT2D eigenvalue weighted by atomic mass is 32.1. The molecule has 0 aliphatic heterocycles. The topological polar surface area (TPSA) is 24.9 Å². The van der Waals surface area contributed by atoms with Gasteiger partial charge in [0, 0.05) is 12.1 Å². The number of halogens is 1. The van der Waals surface area contributed by atoms with E-state index in [0.29, 0.717) is 6.04 Å². The number of hydrogen-bond acceptors (Lipinski definition) is 3. The van der Waals surface area contributed by atoms with Gasteiger partial charge in [-0.15, -0.1) is 0 Å². The molecular weight excluding hydrogens is 247 g/mol. The Kier molecular flexibility index (Phi) is 3.20. The summed E-state index contributed by atoms with van der Waals surface area (Å²) in [6, 6.07) is 5.29. The van der Waals surface area contributed by atoms with Crippen molar-refractivity contribution in [2.75, 3.05) is 5.32 Å². The standard InChI is InChI=1S/C14H17FN2S/c1-2-11(7-9-3-4-9)16-14-17-12-8-10(15)5-6-13(12)18-14/h5-6,8-9,11H,2-4,7H2,1H3,(H,16,17). The quantitative estimate of drug-likeness (QED) is 0.864. The van der Waals surface area contributed by atoms with Crippen LogP contribution >= 0.6 is 11.3 Å². The number of aromatic nitrogens is 1. The van der Waals surface area contributed by atoms with Crippen LogP contribution in [0, 0.1) is 11.7 Å². The lowest BCUT2D eigenvalue weighted by atomic mass is 10.1. The van der Waals surface area contributed by atoms with E-state index in [1.54, 1.807) is 17.4 Å². The first kappa shape index (κ1) is 11.9. The fourth-order valence-corrected chi connectivity index (χ4v) is 3.14. The summed E-state index contributed by atoms with van der Waals surface area (Å²) in [5.74, 6) is 0.693. The van der Waals surface area contributed by atoms with Gasteiger partial charge in [-0.1, -0.05) is 31.1 Å². The van der Waals surface area contributed by atoms with E-state index in [-0.39, 0.29) is 5.82 Å². The van der Waals surface area contributed by atoms with Gasteiger partial charge in [0.15, 0.2) is 5.13 Å². The van der Waals surface area contributed by atoms with Crippen molar-refractivity contribution in [2.45, 2.75) is 38.6 Å². The molecule has 18 heavy (non-hydrogen) atoms. The van der Waals surface area contributed by atoms with E-state index in [9.17, 15) is 4.39 Å². The highest BCUT2D eigenvalue weighted by molar-refractivity contribution is 7.22. The average Bonchev–Trinajstić information content (AvgIpc) is 3.07. The van der Waals surface area contributed by atoms with Crippen LogP contribution in [0.3, 0.4) is 0 Å². The Labute approximate surface area is 110 Å². The van der Waals surface area contributed by atoms with E-state index in [1.165, 1.54) is 31.4 Å². The van der Waals surface area contributed by atoms with Gasteiger partial charge < -0.3 is 5.32 Å². The number of rotatable bonds is 5. The Morgan fingerprint density at radius 3 is 3.06 bits per heavy atom. The van der Waals surface area contributed by atoms with Crippen LogP contribution in [0.4, 0.5) is 9.52 Å². The first-order chi connectivity index (χ1) is 8.74. The molecule has 1 fully saturated rings. The Morgan fingerprint density at radius 1 is 1.50 bits per heavy atom. The number of anilines is 1. The highest BCUT2D eigenvalue weighted by Gasteiger charge is 2.25. The Balaban J connectivity index is 1.76. The molecule has 0 radical (unpaired) electrons. The van der Waals surface area contributed by atoms with Crippen LogP contribution in [0.25, 0.3) is 10.2 Å². The van der Waals surface area contributed by atoms with Crippen LogP contribution in [-0.4, -0.2) is 11.0 Å². The number of thiazole rings is 1. The zero-order valence-electron chi connectivity index (χ0n) is 10.4. The van der Waals surface area contributed by atoms with Gasteiger partial charge in [-0.05, 0) is 30.9 Å². The molecular formula is C14H17FN2S. The number of fused-ring (bicyclic) bond motifs is 1. The molecule has 1 atom stereocenters. The van der Waals surface area contributed by atoms with E-state index in [4.69, 9.17) is 0 Å². The van der Waals surface area contributed by atoms with Gasteiger partial charge >= 0.3 is 0 Å². The van der Waals surface area contributed by atoms with E-state index in [2.05, 4.69) is 17.2 Å². The van der Waals surface area contributed by atoms with Crippen LogP contribution in [-0.2, 0) is 0 Å². The molecule has 1 aromatic heterocycles. The number of benzene rings is 1. The molecule has 4 heteroatoms. The summed E-state index contributed by atoms with van der Waals surface area (Å²) in [6.07, 6.45) is 5.11. The van der Waals surface area contributed by atoms with Crippen molar-refractivity contribution in [2.24, 2.45) is 5.92 Å². The van der Waals surface area contributed by atoms with Gasteiger partial charge in [-0.2, -0.15) is 0 Å². The van der Waals surface area contributed by atoms with E-state index in [1.807, 2.05) is 0 Å². The van der Waals surface area contributed by atoms with Crippen molar-refractivity contribution < 1.29 is 4.39 Å². The zero-order valence-corrected chi connectivity index (χ0v) is 11.3. The van der Waals surface area contributed by atoms with Crippen molar-refractivity contribution in [3.8, 4) is 0 Å². The van der Waals surface area contributed by atoms with E-state index in [0.717, 1.165) is 27.7 Å². The lowest BCUT2D eigenvalue weighted by Crippen LogP contribution is -2.18. The molecule has 3 rings (SSSR count). The summed E-state index contributed by atoms with van der Waals surface area (Å²) in [5.41, 5.74) is 0.753. The van der Waals surface area contributed by atoms with Crippen molar-refractivity contribution >= 4 is 26.7 Å².